The topological polar surface area (TPSA) is 137 Å². The lowest BCUT2D eigenvalue weighted by molar-refractivity contribution is -0.145. The molecule has 0 aliphatic rings. The zero-order valence-electron chi connectivity index (χ0n) is 18.6. The van der Waals surface area contributed by atoms with Crippen molar-refractivity contribution in [1.82, 2.24) is 10.6 Å². The van der Waals surface area contributed by atoms with Crippen molar-refractivity contribution >= 4 is 23.9 Å². The van der Waals surface area contributed by atoms with Gasteiger partial charge in [0.1, 0.15) is 18.7 Å². The first-order valence-corrected chi connectivity index (χ1v) is 10.4. The van der Waals surface area contributed by atoms with Crippen LogP contribution in [0.2, 0.25) is 0 Å². The highest BCUT2D eigenvalue weighted by Crippen LogP contribution is 2.12. The van der Waals surface area contributed by atoms with E-state index in [2.05, 4.69) is 10.6 Å². The molecule has 0 saturated carbocycles. The summed E-state index contributed by atoms with van der Waals surface area (Å²) in [5.41, 5.74) is 6.24. The quantitative estimate of drug-likeness (QED) is 0.429. The molecule has 9 heteroatoms. The van der Waals surface area contributed by atoms with Gasteiger partial charge >= 0.3 is 12.1 Å². The second-order valence-electron chi connectivity index (χ2n) is 7.76. The number of carbonyl (C=O) groups is 4. The van der Waals surface area contributed by atoms with Crippen LogP contribution in [0.15, 0.2) is 30.3 Å². The molecule has 3 amide bonds. The molecule has 4 N–H and O–H groups in total. The van der Waals surface area contributed by atoms with Crippen molar-refractivity contribution in [2.24, 2.45) is 17.6 Å². The van der Waals surface area contributed by atoms with Gasteiger partial charge in [-0.15, -0.1) is 0 Å². The molecule has 0 heterocycles. The number of rotatable bonds is 12. The lowest BCUT2D eigenvalue weighted by Crippen LogP contribution is -2.55. The van der Waals surface area contributed by atoms with Gasteiger partial charge in [-0.3, -0.25) is 14.4 Å². The molecule has 31 heavy (non-hydrogen) atoms. The fourth-order valence-electron chi connectivity index (χ4n) is 2.96. The van der Waals surface area contributed by atoms with Gasteiger partial charge in [-0.05, 0) is 30.7 Å². The van der Waals surface area contributed by atoms with E-state index < -0.39 is 41.9 Å². The molecule has 0 aromatic heterocycles. The van der Waals surface area contributed by atoms with E-state index in [-0.39, 0.29) is 25.6 Å². The maximum absolute atomic E-state index is 12.8. The largest absolute Gasteiger partial charge is 0.466 e. The summed E-state index contributed by atoms with van der Waals surface area (Å²) in [6.07, 6.45) is -0.507. The molecule has 1 aromatic rings. The van der Waals surface area contributed by atoms with Crippen LogP contribution in [0, 0.1) is 11.8 Å². The second kappa shape index (κ2) is 13.3. The van der Waals surface area contributed by atoms with Crippen LogP contribution in [0.3, 0.4) is 0 Å². The average Bonchev–Trinajstić information content (AvgIpc) is 2.70. The summed E-state index contributed by atoms with van der Waals surface area (Å²) >= 11 is 0. The van der Waals surface area contributed by atoms with Gasteiger partial charge in [0.05, 0.1) is 13.0 Å². The van der Waals surface area contributed by atoms with Crippen LogP contribution in [0.1, 0.15) is 46.1 Å². The van der Waals surface area contributed by atoms with Crippen LogP contribution in [0.5, 0.6) is 0 Å². The summed E-state index contributed by atoms with van der Waals surface area (Å²) in [5.74, 6) is -2.35. The van der Waals surface area contributed by atoms with Crippen molar-refractivity contribution in [3.63, 3.8) is 0 Å². The van der Waals surface area contributed by atoms with Gasteiger partial charge in [0, 0.05) is 0 Å². The number of amides is 3. The molecule has 172 valence electrons. The van der Waals surface area contributed by atoms with E-state index in [0.29, 0.717) is 6.42 Å². The van der Waals surface area contributed by atoms with Crippen LogP contribution in [-0.2, 0) is 30.5 Å². The summed E-state index contributed by atoms with van der Waals surface area (Å²) in [4.78, 5) is 48.6. The lowest BCUT2D eigenvalue weighted by atomic mass is 9.96. The molecular formula is C22H33N3O6. The van der Waals surface area contributed by atoms with Gasteiger partial charge in [-0.1, -0.05) is 51.1 Å². The first kappa shape index (κ1) is 25.9. The summed E-state index contributed by atoms with van der Waals surface area (Å²) < 4.78 is 10.1. The average molecular weight is 436 g/mol. The number of esters is 1. The molecule has 0 unspecified atom stereocenters. The minimum Gasteiger partial charge on any atom is -0.466 e. The number of hydrogen-bond acceptors (Lipinski definition) is 6. The maximum atomic E-state index is 12.8. The molecule has 9 nitrogen and oxygen atoms in total. The molecule has 0 aliphatic heterocycles. The highest BCUT2D eigenvalue weighted by atomic mass is 16.5. The molecule has 0 radical (unpaired) electrons. The first-order valence-electron chi connectivity index (χ1n) is 10.4. The van der Waals surface area contributed by atoms with Gasteiger partial charge in [0.25, 0.3) is 0 Å². The van der Waals surface area contributed by atoms with Gasteiger partial charge in [0.15, 0.2) is 0 Å². The molecule has 0 aliphatic carbocycles. The van der Waals surface area contributed by atoms with Crippen molar-refractivity contribution in [3.8, 4) is 0 Å². The predicted molar refractivity (Wildman–Crippen MR) is 115 cm³/mol. The fourth-order valence-corrected chi connectivity index (χ4v) is 2.96. The third-order valence-electron chi connectivity index (χ3n) is 4.50. The number of ether oxygens (including phenoxy) is 2. The summed E-state index contributed by atoms with van der Waals surface area (Å²) in [6.45, 7) is 7.35. The Balaban J connectivity index is 2.76. The molecule has 1 aromatic carbocycles. The summed E-state index contributed by atoms with van der Waals surface area (Å²) in [5, 5.41) is 5.10. The van der Waals surface area contributed by atoms with E-state index in [0.717, 1.165) is 5.56 Å². The Hall–Kier alpha value is -3.10. The smallest absolute Gasteiger partial charge is 0.408 e. The molecular weight excluding hydrogens is 402 g/mol. The van der Waals surface area contributed by atoms with Crippen LogP contribution in [0.25, 0.3) is 0 Å². The summed E-state index contributed by atoms with van der Waals surface area (Å²) in [7, 11) is 0. The van der Waals surface area contributed by atoms with E-state index in [9.17, 15) is 19.2 Å². The van der Waals surface area contributed by atoms with Crippen LogP contribution in [-0.4, -0.2) is 42.6 Å². The third-order valence-corrected chi connectivity index (χ3v) is 4.50. The molecule has 3 atom stereocenters. The number of primary amides is 1. The molecule has 0 spiro atoms. The highest BCUT2D eigenvalue weighted by Gasteiger charge is 2.31. The monoisotopic (exact) mass is 435 g/mol. The Bertz CT molecular complexity index is 738. The number of nitrogens with two attached hydrogens (primary N) is 1. The Kier molecular flexibility index (Phi) is 11.1. The van der Waals surface area contributed by atoms with Gasteiger partial charge in [-0.2, -0.15) is 0 Å². The number of benzene rings is 1. The molecule has 1 rings (SSSR count). The van der Waals surface area contributed by atoms with E-state index in [4.69, 9.17) is 15.2 Å². The van der Waals surface area contributed by atoms with Crippen molar-refractivity contribution in [2.45, 2.75) is 59.2 Å². The Labute approximate surface area is 183 Å². The van der Waals surface area contributed by atoms with Crippen LogP contribution in [0.4, 0.5) is 4.79 Å². The maximum Gasteiger partial charge on any atom is 0.408 e. The normalized spacial score (nSPS) is 13.6. The van der Waals surface area contributed by atoms with E-state index >= 15 is 0 Å². The van der Waals surface area contributed by atoms with E-state index in [1.165, 1.54) is 0 Å². The highest BCUT2D eigenvalue weighted by molar-refractivity contribution is 5.91. The molecule has 0 fully saturated rings. The van der Waals surface area contributed by atoms with Gasteiger partial charge < -0.3 is 25.8 Å². The Morgan fingerprint density at radius 1 is 1.00 bits per heavy atom. The zero-order valence-corrected chi connectivity index (χ0v) is 18.6. The number of alkyl carbamates (subject to hydrolysis) is 1. The van der Waals surface area contributed by atoms with E-state index in [1.54, 1.807) is 13.8 Å². The second-order valence-corrected chi connectivity index (χ2v) is 7.76. The van der Waals surface area contributed by atoms with Crippen LogP contribution >= 0.6 is 0 Å². The van der Waals surface area contributed by atoms with Crippen molar-refractivity contribution < 1.29 is 28.7 Å². The minimum atomic E-state index is -1.09. The van der Waals surface area contributed by atoms with Crippen molar-refractivity contribution in [3.05, 3.63) is 35.9 Å². The lowest BCUT2D eigenvalue weighted by Gasteiger charge is -2.25. The van der Waals surface area contributed by atoms with Crippen molar-refractivity contribution in [1.29, 1.82) is 0 Å². The predicted octanol–water partition coefficient (Wildman–Crippen LogP) is 1.89. The van der Waals surface area contributed by atoms with Gasteiger partial charge in [0.2, 0.25) is 11.8 Å². The van der Waals surface area contributed by atoms with Crippen LogP contribution < -0.4 is 16.4 Å². The van der Waals surface area contributed by atoms with Gasteiger partial charge in [-0.25, -0.2) is 4.79 Å². The number of nitrogens with one attached hydrogen (secondary N) is 2. The SMILES string of the molecule is CCOC(=O)C[C@H](C)[C@@H](NC(=O)[C@H](CC(C)C)NC(=O)OCc1ccccc1)C(N)=O. The number of hydrogen-bond donors (Lipinski definition) is 3. The van der Waals surface area contributed by atoms with E-state index in [1.807, 2.05) is 44.2 Å². The Morgan fingerprint density at radius 3 is 2.19 bits per heavy atom. The molecule has 0 bridgehead atoms. The zero-order chi connectivity index (χ0) is 23.4. The third kappa shape index (κ3) is 9.97. The Morgan fingerprint density at radius 2 is 1.65 bits per heavy atom. The minimum absolute atomic E-state index is 0.0587. The van der Waals surface area contributed by atoms with Crippen molar-refractivity contribution in [2.75, 3.05) is 6.61 Å². The first-order chi connectivity index (χ1) is 14.6. The fraction of sp³-hybridized carbons (Fsp3) is 0.545. The number of carbonyl (C=O) groups excluding carboxylic acids is 4. The molecule has 0 saturated heterocycles. The summed E-state index contributed by atoms with van der Waals surface area (Å²) in [6, 6.07) is 7.11. The standard InChI is InChI=1S/C22H33N3O6/c1-5-30-18(26)12-15(4)19(20(23)27)25-21(28)17(11-14(2)3)24-22(29)31-13-16-9-7-6-8-10-16/h6-10,14-15,17,19H,5,11-13H2,1-4H3,(H2,23,27)(H,24,29)(H,25,28)/t15-,17-,19+/m0/s1.